The van der Waals surface area contributed by atoms with Gasteiger partial charge in [0, 0.05) is 22.5 Å². The fraction of sp³-hybridized carbons (Fsp3) is 0.320. The van der Waals surface area contributed by atoms with Crippen molar-refractivity contribution in [3.05, 3.63) is 60.3 Å². The molecule has 0 spiro atoms. The average molecular weight is 489 g/mol. The molecule has 1 atom stereocenters. The Morgan fingerprint density at radius 1 is 1.00 bits per heavy atom. The Hall–Kier alpha value is -2.91. The summed E-state index contributed by atoms with van der Waals surface area (Å²) in [5, 5.41) is 9.62. The van der Waals surface area contributed by atoms with E-state index in [1.54, 1.807) is 42.6 Å². The van der Waals surface area contributed by atoms with Gasteiger partial charge in [-0.25, -0.2) is 4.98 Å². The SMILES string of the molecule is OCC1CCCN1c1cc(-c2ccc(Sc3ccc4c(c3)OCCO4)c(C(F)(F)F)c2)ccn1. The second kappa shape index (κ2) is 9.38. The minimum atomic E-state index is -4.51. The van der Waals surface area contributed by atoms with Crippen molar-refractivity contribution in [3.8, 4) is 22.6 Å². The normalized spacial score (nSPS) is 17.8. The van der Waals surface area contributed by atoms with E-state index in [9.17, 15) is 18.3 Å². The second-order valence-corrected chi connectivity index (χ2v) is 9.31. The first kappa shape index (κ1) is 22.9. The van der Waals surface area contributed by atoms with Crippen molar-refractivity contribution in [2.75, 3.05) is 31.3 Å². The number of benzene rings is 2. The standard InChI is InChI=1S/C25H23F3N2O3S/c26-25(27,28)20-12-16(17-7-8-29-24(13-17)30-9-1-2-18(30)15-31)3-6-23(20)34-19-4-5-21-22(14-19)33-11-10-32-21/h3-8,12-14,18,31H,1-2,9-11,15H2. The minimum absolute atomic E-state index is 0.0155. The van der Waals surface area contributed by atoms with Crippen molar-refractivity contribution in [1.82, 2.24) is 4.98 Å². The molecular weight excluding hydrogens is 465 g/mol. The number of anilines is 1. The lowest BCUT2D eigenvalue weighted by molar-refractivity contribution is -0.139. The third kappa shape index (κ3) is 4.67. The van der Waals surface area contributed by atoms with Gasteiger partial charge < -0.3 is 19.5 Å². The van der Waals surface area contributed by atoms with E-state index in [0.29, 0.717) is 46.6 Å². The molecule has 5 nitrogen and oxygen atoms in total. The van der Waals surface area contributed by atoms with Crippen LogP contribution in [0.4, 0.5) is 19.0 Å². The highest BCUT2D eigenvalue weighted by Crippen LogP contribution is 2.43. The number of aliphatic hydroxyl groups is 1. The molecule has 5 rings (SSSR count). The van der Waals surface area contributed by atoms with Crippen molar-refractivity contribution in [1.29, 1.82) is 0 Å². The summed E-state index contributed by atoms with van der Waals surface area (Å²) in [6.07, 6.45) is -1.10. The van der Waals surface area contributed by atoms with E-state index in [-0.39, 0.29) is 17.5 Å². The molecule has 0 aliphatic carbocycles. The van der Waals surface area contributed by atoms with Crippen molar-refractivity contribution >= 4 is 17.6 Å². The summed E-state index contributed by atoms with van der Waals surface area (Å²) in [7, 11) is 0. The predicted octanol–water partition coefficient (Wildman–Crippen LogP) is 5.65. The molecular formula is C25H23F3N2O3S. The van der Waals surface area contributed by atoms with Gasteiger partial charge in [-0.15, -0.1) is 0 Å². The summed E-state index contributed by atoms with van der Waals surface area (Å²) in [4.78, 5) is 7.16. The van der Waals surface area contributed by atoms with Crippen LogP contribution in [0, 0.1) is 0 Å². The summed E-state index contributed by atoms with van der Waals surface area (Å²) in [6.45, 7) is 1.65. The number of pyridine rings is 1. The number of halogens is 3. The molecule has 0 radical (unpaired) electrons. The maximum atomic E-state index is 14.0. The molecule has 178 valence electrons. The highest BCUT2D eigenvalue weighted by Gasteiger charge is 2.34. The molecule has 3 heterocycles. The minimum Gasteiger partial charge on any atom is -0.486 e. The lowest BCUT2D eigenvalue weighted by Crippen LogP contribution is -2.32. The van der Waals surface area contributed by atoms with Crippen LogP contribution in [-0.4, -0.2) is 42.5 Å². The topological polar surface area (TPSA) is 54.8 Å². The number of rotatable bonds is 5. The first-order chi connectivity index (χ1) is 16.4. The first-order valence-corrected chi connectivity index (χ1v) is 11.9. The van der Waals surface area contributed by atoms with Gasteiger partial charge in [0.05, 0.1) is 18.2 Å². The van der Waals surface area contributed by atoms with Crippen LogP contribution in [0.15, 0.2) is 64.5 Å². The van der Waals surface area contributed by atoms with Crippen LogP contribution in [-0.2, 0) is 6.18 Å². The highest BCUT2D eigenvalue weighted by molar-refractivity contribution is 7.99. The molecule has 1 N–H and O–H groups in total. The number of alkyl halides is 3. The maximum absolute atomic E-state index is 14.0. The van der Waals surface area contributed by atoms with E-state index in [1.807, 2.05) is 4.90 Å². The molecule has 34 heavy (non-hydrogen) atoms. The zero-order valence-electron chi connectivity index (χ0n) is 18.2. The Bertz CT molecular complexity index is 1190. The Kier molecular flexibility index (Phi) is 6.31. The summed E-state index contributed by atoms with van der Waals surface area (Å²) in [5.74, 6) is 1.79. The van der Waals surface area contributed by atoms with E-state index in [2.05, 4.69) is 4.98 Å². The number of nitrogens with zero attached hydrogens (tertiary/aromatic N) is 2. The van der Waals surface area contributed by atoms with Crippen molar-refractivity contribution in [3.63, 3.8) is 0 Å². The fourth-order valence-electron chi connectivity index (χ4n) is 4.32. The van der Waals surface area contributed by atoms with Gasteiger partial charge in [0.15, 0.2) is 11.5 Å². The smallest absolute Gasteiger partial charge is 0.417 e. The Morgan fingerprint density at radius 3 is 2.59 bits per heavy atom. The van der Waals surface area contributed by atoms with Gasteiger partial charge in [-0.1, -0.05) is 17.8 Å². The van der Waals surface area contributed by atoms with Crippen molar-refractivity contribution in [2.45, 2.75) is 34.9 Å². The molecule has 1 fully saturated rings. The molecule has 9 heteroatoms. The Balaban J connectivity index is 1.46. The maximum Gasteiger partial charge on any atom is 0.417 e. The van der Waals surface area contributed by atoms with Crippen molar-refractivity contribution < 1.29 is 27.8 Å². The number of hydrogen-bond acceptors (Lipinski definition) is 6. The van der Waals surface area contributed by atoms with Gasteiger partial charge in [0.1, 0.15) is 19.0 Å². The molecule has 3 aromatic rings. The Morgan fingerprint density at radius 2 is 1.79 bits per heavy atom. The van der Waals surface area contributed by atoms with Crippen molar-refractivity contribution in [2.24, 2.45) is 0 Å². The van der Waals surface area contributed by atoms with E-state index in [0.717, 1.165) is 31.1 Å². The number of ether oxygens (including phenoxy) is 2. The summed E-state index contributed by atoms with van der Waals surface area (Å²) in [6, 6.07) is 13.0. The van der Waals surface area contributed by atoms with E-state index < -0.39 is 11.7 Å². The molecule has 0 saturated carbocycles. The molecule has 1 saturated heterocycles. The van der Waals surface area contributed by atoms with Gasteiger partial charge in [-0.2, -0.15) is 13.2 Å². The van der Waals surface area contributed by atoms with E-state index >= 15 is 0 Å². The fourth-order valence-corrected chi connectivity index (χ4v) is 5.29. The van der Waals surface area contributed by atoms with E-state index in [4.69, 9.17) is 9.47 Å². The predicted molar refractivity (Wildman–Crippen MR) is 124 cm³/mol. The van der Waals surface area contributed by atoms with Gasteiger partial charge in [0.2, 0.25) is 0 Å². The summed E-state index contributed by atoms with van der Waals surface area (Å²) < 4.78 is 53.2. The summed E-state index contributed by atoms with van der Waals surface area (Å²) >= 11 is 1.04. The van der Waals surface area contributed by atoms with Crippen LogP contribution in [0.2, 0.25) is 0 Å². The largest absolute Gasteiger partial charge is 0.486 e. The van der Waals surface area contributed by atoms with E-state index in [1.165, 1.54) is 12.1 Å². The molecule has 2 aliphatic rings. The van der Waals surface area contributed by atoms with Crippen LogP contribution in [0.5, 0.6) is 11.5 Å². The first-order valence-electron chi connectivity index (χ1n) is 11.0. The number of aromatic nitrogens is 1. The quantitative estimate of drug-likeness (QED) is 0.501. The lowest BCUT2D eigenvalue weighted by Gasteiger charge is -2.24. The third-order valence-electron chi connectivity index (χ3n) is 5.99. The zero-order valence-corrected chi connectivity index (χ0v) is 19.0. The molecule has 1 unspecified atom stereocenters. The molecule has 2 aromatic carbocycles. The number of aliphatic hydroxyl groups excluding tert-OH is 1. The zero-order chi connectivity index (χ0) is 23.7. The summed E-state index contributed by atoms with van der Waals surface area (Å²) in [5.41, 5.74) is 0.412. The van der Waals surface area contributed by atoms with Crippen LogP contribution >= 0.6 is 11.8 Å². The van der Waals surface area contributed by atoms with Gasteiger partial charge in [-0.05, 0) is 66.4 Å². The van der Waals surface area contributed by atoms with Gasteiger partial charge in [0.25, 0.3) is 0 Å². The molecule has 2 aliphatic heterocycles. The highest BCUT2D eigenvalue weighted by atomic mass is 32.2. The number of fused-ring (bicyclic) bond motifs is 1. The van der Waals surface area contributed by atoms with Gasteiger partial charge >= 0.3 is 6.18 Å². The van der Waals surface area contributed by atoms with Crippen LogP contribution in [0.1, 0.15) is 18.4 Å². The molecule has 0 amide bonds. The lowest BCUT2D eigenvalue weighted by atomic mass is 10.0. The van der Waals surface area contributed by atoms with Crippen LogP contribution in [0.3, 0.4) is 0 Å². The monoisotopic (exact) mass is 488 g/mol. The average Bonchev–Trinajstić information content (AvgIpc) is 3.33. The number of hydrogen-bond donors (Lipinski definition) is 1. The van der Waals surface area contributed by atoms with Crippen LogP contribution in [0.25, 0.3) is 11.1 Å². The van der Waals surface area contributed by atoms with Gasteiger partial charge in [-0.3, -0.25) is 0 Å². The second-order valence-electron chi connectivity index (χ2n) is 8.19. The third-order valence-corrected chi connectivity index (χ3v) is 7.05. The Labute approximate surface area is 199 Å². The van der Waals surface area contributed by atoms with Crippen LogP contribution < -0.4 is 14.4 Å². The molecule has 1 aromatic heterocycles. The molecule has 0 bridgehead atoms.